The van der Waals surface area contributed by atoms with E-state index in [0.29, 0.717) is 0 Å². The summed E-state index contributed by atoms with van der Waals surface area (Å²) in [6.45, 7) is 0.972. The Hall–Kier alpha value is -1.31. The first-order valence-corrected chi connectivity index (χ1v) is 2.82. The summed E-state index contributed by atoms with van der Waals surface area (Å²) >= 11 is 0. The number of carbonyl (C=O) groups excluding carboxylic acids is 1. The third-order valence-electron chi connectivity index (χ3n) is 0.607. The van der Waals surface area contributed by atoms with E-state index < -0.39 is 5.97 Å². The molecule has 1 rings (SSSR count). The predicted molar refractivity (Wildman–Crippen MR) is 36.6 cm³/mol. The topological polar surface area (TPSA) is 37.0 Å². The molecule has 0 atom stereocenters. The van der Waals surface area contributed by atoms with Crippen LogP contribution in [0.5, 0.6) is 0 Å². The Labute approximate surface area is 60.1 Å². The smallest absolute Gasteiger partial charge is 0.248 e. The van der Waals surface area contributed by atoms with Gasteiger partial charge in [-0.3, -0.25) is 0 Å². The molecule has 0 aliphatic carbocycles. The van der Waals surface area contributed by atoms with Gasteiger partial charge in [0.05, 0.1) is 0 Å². The highest BCUT2D eigenvalue weighted by Crippen LogP contribution is 1.78. The van der Waals surface area contributed by atoms with Crippen molar-refractivity contribution < 1.29 is 9.90 Å². The van der Waals surface area contributed by atoms with Gasteiger partial charge in [-0.15, -0.1) is 0 Å². The maximum Gasteiger partial charge on any atom is 0.352 e. The first-order valence-electron chi connectivity index (χ1n) is 2.82. The summed E-state index contributed by atoms with van der Waals surface area (Å²) < 4.78 is 0. The molecule has 2 radical (unpaired) electrons. The minimum atomic E-state index is -1.08. The molecule has 10 heavy (non-hydrogen) atoms. The summed E-state index contributed by atoms with van der Waals surface area (Å²) in [7, 11) is 0. The Kier molecular flexibility index (Phi) is 5.06. The van der Waals surface area contributed by atoms with Crippen molar-refractivity contribution in [3.05, 3.63) is 36.4 Å². The Morgan fingerprint density at radius 1 is 1.20 bits per heavy atom. The van der Waals surface area contributed by atoms with Crippen molar-refractivity contribution in [2.75, 3.05) is 0 Å². The van der Waals surface area contributed by atoms with Gasteiger partial charge < -0.3 is 0 Å². The first kappa shape index (κ1) is 8.69. The zero-order chi connectivity index (χ0) is 7.82. The van der Waals surface area contributed by atoms with Crippen LogP contribution in [0.15, 0.2) is 30.3 Å². The maximum atomic E-state index is 8.89. The van der Waals surface area contributed by atoms with E-state index in [1.54, 1.807) is 0 Å². The van der Waals surface area contributed by atoms with E-state index in [9.17, 15) is 0 Å². The largest absolute Gasteiger partial charge is 0.352 e. The molecule has 0 heterocycles. The van der Waals surface area contributed by atoms with Crippen LogP contribution < -0.4 is 0 Å². The molecule has 52 valence electrons. The van der Waals surface area contributed by atoms with Gasteiger partial charge in [0.1, 0.15) is 0 Å². The SMILES string of the molecule is CC([O])=O.[c]1ccccc1. The lowest BCUT2D eigenvalue weighted by molar-refractivity contribution is -0.140. The molecule has 0 unspecified atom stereocenters. The van der Waals surface area contributed by atoms with E-state index in [1.807, 2.05) is 30.3 Å². The second-order valence-corrected chi connectivity index (χ2v) is 1.57. The summed E-state index contributed by atoms with van der Waals surface area (Å²) in [4.78, 5) is 8.89. The molecular weight excluding hydrogens is 128 g/mol. The van der Waals surface area contributed by atoms with Crippen LogP contribution >= 0.6 is 0 Å². The van der Waals surface area contributed by atoms with Gasteiger partial charge in [0, 0.05) is 6.92 Å². The lowest BCUT2D eigenvalue weighted by Gasteiger charge is -1.68. The molecular formula is C8H8O2. The predicted octanol–water partition coefficient (Wildman–Crippen LogP) is 1.45. The van der Waals surface area contributed by atoms with Crippen LogP contribution in [0.3, 0.4) is 0 Å². The number of carbonyl (C=O) groups is 1. The van der Waals surface area contributed by atoms with E-state index in [2.05, 4.69) is 6.07 Å². The summed E-state index contributed by atoms with van der Waals surface area (Å²) in [5.41, 5.74) is 0. The van der Waals surface area contributed by atoms with Crippen molar-refractivity contribution >= 4 is 5.97 Å². The highest BCUT2D eigenvalue weighted by Gasteiger charge is 1.71. The highest BCUT2D eigenvalue weighted by molar-refractivity contribution is 5.62. The van der Waals surface area contributed by atoms with Crippen LogP contribution in [0.4, 0.5) is 0 Å². The highest BCUT2D eigenvalue weighted by atomic mass is 16.4. The summed E-state index contributed by atoms with van der Waals surface area (Å²) in [6.07, 6.45) is 0. The molecule has 0 saturated heterocycles. The molecule has 0 aliphatic heterocycles. The van der Waals surface area contributed by atoms with Crippen LogP contribution in [-0.2, 0) is 9.90 Å². The Balaban J connectivity index is 0.000000180. The molecule has 0 fully saturated rings. The lowest BCUT2D eigenvalue weighted by atomic mass is 10.4. The third-order valence-corrected chi connectivity index (χ3v) is 0.607. The minimum absolute atomic E-state index is 0.972. The van der Waals surface area contributed by atoms with Gasteiger partial charge in [-0.2, -0.15) is 0 Å². The lowest BCUT2D eigenvalue weighted by Crippen LogP contribution is -1.74. The zero-order valence-corrected chi connectivity index (χ0v) is 5.70. The van der Waals surface area contributed by atoms with Gasteiger partial charge in [-0.05, 0) is 6.07 Å². The van der Waals surface area contributed by atoms with Gasteiger partial charge in [-0.25, -0.2) is 9.90 Å². The fourth-order valence-electron chi connectivity index (χ4n) is 0.342. The van der Waals surface area contributed by atoms with Crippen LogP contribution in [0.25, 0.3) is 0 Å². The van der Waals surface area contributed by atoms with Crippen molar-refractivity contribution in [3.63, 3.8) is 0 Å². The third kappa shape index (κ3) is 9.85. The zero-order valence-electron chi connectivity index (χ0n) is 5.70. The minimum Gasteiger partial charge on any atom is -0.248 e. The van der Waals surface area contributed by atoms with Crippen molar-refractivity contribution in [3.8, 4) is 0 Å². The maximum absolute atomic E-state index is 8.89. The van der Waals surface area contributed by atoms with Crippen molar-refractivity contribution in [1.82, 2.24) is 0 Å². The standard InChI is InChI=1S/C6H5.C2H3O2/c1-2-4-6-5-3-1;1-2(3)4/h1-5H;1H3. The molecule has 2 nitrogen and oxygen atoms in total. The molecule has 0 aromatic heterocycles. The molecule has 0 saturated carbocycles. The van der Waals surface area contributed by atoms with Crippen molar-refractivity contribution in [1.29, 1.82) is 0 Å². The Morgan fingerprint density at radius 2 is 1.60 bits per heavy atom. The quantitative estimate of drug-likeness (QED) is 0.531. The van der Waals surface area contributed by atoms with Crippen molar-refractivity contribution in [2.24, 2.45) is 0 Å². The Morgan fingerprint density at radius 3 is 1.70 bits per heavy atom. The van der Waals surface area contributed by atoms with Crippen LogP contribution in [-0.4, -0.2) is 5.97 Å². The van der Waals surface area contributed by atoms with Crippen LogP contribution in [0, 0.1) is 6.07 Å². The number of rotatable bonds is 0. The van der Waals surface area contributed by atoms with Gasteiger partial charge in [0.2, 0.25) is 0 Å². The normalized spacial score (nSPS) is 7.30. The summed E-state index contributed by atoms with van der Waals surface area (Å²) in [5, 5.41) is 8.89. The van der Waals surface area contributed by atoms with E-state index in [-0.39, 0.29) is 0 Å². The first-order chi connectivity index (χ1) is 4.73. The second-order valence-electron chi connectivity index (χ2n) is 1.57. The molecule has 0 spiro atoms. The summed E-state index contributed by atoms with van der Waals surface area (Å²) in [6, 6.07) is 12.5. The van der Waals surface area contributed by atoms with Crippen LogP contribution in [0.2, 0.25) is 0 Å². The Bertz CT molecular complexity index is 139. The average Bonchev–Trinajstić information content (AvgIpc) is 1.90. The molecule has 2 heteroatoms. The number of benzene rings is 1. The van der Waals surface area contributed by atoms with Crippen molar-refractivity contribution in [2.45, 2.75) is 6.92 Å². The van der Waals surface area contributed by atoms with Crippen LogP contribution in [0.1, 0.15) is 6.92 Å². The van der Waals surface area contributed by atoms with E-state index in [4.69, 9.17) is 9.90 Å². The van der Waals surface area contributed by atoms with Gasteiger partial charge in [0.15, 0.2) is 0 Å². The fraction of sp³-hybridized carbons (Fsp3) is 0.125. The molecule has 0 aliphatic rings. The molecule has 1 aromatic carbocycles. The molecule has 0 bridgehead atoms. The van der Waals surface area contributed by atoms with E-state index >= 15 is 0 Å². The molecule has 1 aromatic rings. The molecule has 0 amide bonds. The van der Waals surface area contributed by atoms with E-state index in [1.165, 1.54) is 0 Å². The molecule has 0 N–H and O–H groups in total. The second kappa shape index (κ2) is 5.82. The number of hydrogen-bond acceptors (Lipinski definition) is 1. The van der Waals surface area contributed by atoms with Gasteiger partial charge in [0.25, 0.3) is 0 Å². The summed E-state index contributed by atoms with van der Waals surface area (Å²) in [5.74, 6) is -1.08. The van der Waals surface area contributed by atoms with E-state index in [0.717, 1.165) is 6.92 Å². The van der Waals surface area contributed by atoms with Gasteiger partial charge in [-0.1, -0.05) is 30.3 Å². The van der Waals surface area contributed by atoms with Gasteiger partial charge >= 0.3 is 5.97 Å². The monoisotopic (exact) mass is 136 g/mol. The fourth-order valence-corrected chi connectivity index (χ4v) is 0.342. The number of hydrogen-bond donors (Lipinski definition) is 0. The average molecular weight is 136 g/mol.